The highest BCUT2D eigenvalue weighted by atomic mass is 19.1. The van der Waals surface area contributed by atoms with Gasteiger partial charge in [-0.15, -0.1) is 0 Å². The average molecular weight is 289 g/mol. The second-order valence-corrected chi connectivity index (χ2v) is 5.58. The lowest BCUT2D eigenvalue weighted by Crippen LogP contribution is -2.40. The van der Waals surface area contributed by atoms with Gasteiger partial charge in [0, 0.05) is 41.9 Å². The molecule has 1 aliphatic heterocycles. The molecular formula is C16H20FN3O. The third-order valence-corrected chi connectivity index (χ3v) is 4.22. The van der Waals surface area contributed by atoms with Gasteiger partial charge in [-0.25, -0.2) is 9.37 Å². The van der Waals surface area contributed by atoms with Crippen molar-refractivity contribution in [2.45, 2.75) is 31.7 Å². The number of piperidine rings is 1. The van der Waals surface area contributed by atoms with Gasteiger partial charge in [-0.1, -0.05) is 0 Å². The van der Waals surface area contributed by atoms with Gasteiger partial charge in [-0.2, -0.15) is 0 Å². The minimum Gasteiger partial charge on any atom is -0.398 e. The number of halogens is 1. The maximum Gasteiger partial charge on any atom is 0.136 e. The van der Waals surface area contributed by atoms with Crippen LogP contribution >= 0.6 is 0 Å². The Balaban J connectivity index is 2.10. The van der Waals surface area contributed by atoms with E-state index in [4.69, 9.17) is 5.73 Å². The number of anilines is 2. The summed E-state index contributed by atoms with van der Waals surface area (Å²) in [5, 5.41) is 10.8. The predicted octanol–water partition coefficient (Wildman–Crippen LogP) is 2.70. The zero-order valence-corrected chi connectivity index (χ0v) is 11.9. The summed E-state index contributed by atoms with van der Waals surface area (Å²) in [4.78, 5) is 6.66. The molecule has 0 amide bonds. The van der Waals surface area contributed by atoms with Gasteiger partial charge < -0.3 is 15.7 Å². The Kier molecular flexibility index (Phi) is 3.92. The molecule has 1 fully saturated rings. The average Bonchev–Trinajstić information content (AvgIpc) is 2.48. The maximum atomic E-state index is 13.7. The van der Waals surface area contributed by atoms with Crippen LogP contribution in [0.25, 0.3) is 10.8 Å². The monoisotopic (exact) mass is 289 g/mol. The molecule has 3 N–H and O–H groups in total. The van der Waals surface area contributed by atoms with Crippen LogP contribution in [-0.2, 0) is 0 Å². The van der Waals surface area contributed by atoms with E-state index in [1.165, 1.54) is 12.1 Å². The molecule has 0 aliphatic carbocycles. The van der Waals surface area contributed by atoms with Crippen LogP contribution in [0.3, 0.4) is 0 Å². The fourth-order valence-corrected chi connectivity index (χ4v) is 3.22. The van der Waals surface area contributed by atoms with Gasteiger partial charge in [0.05, 0.1) is 0 Å². The van der Waals surface area contributed by atoms with E-state index in [2.05, 4.69) is 9.88 Å². The summed E-state index contributed by atoms with van der Waals surface area (Å²) in [7, 11) is 0. The first-order chi connectivity index (χ1) is 10.2. The molecule has 1 atom stereocenters. The van der Waals surface area contributed by atoms with Gasteiger partial charge in [-0.3, -0.25) is 0 Å². The van der Waals surface area contributed by atoms with Crippen LogP contribution in [0.1, 0.15) is 25.7 Å². The molecule has 0 bridgehead atoms. The smallest absolute Gasteiger partial charge is 0.136 e. The van der Waals surface area contributed by atoms with Gasteiger partial charge in [-0.05, 0) is 43.9 Å². The normalized spacial score (nSPS) is 19.1. The molecule has 0 saturated carbocycles. The largest absolute Gasteiger partial charge is 0.398 e. The number of aliphatic hydroxyl groups excluding tert-OH is 1. The summed E-state index contributed by atoms with van der Waals surface area (Å²) in [6.45, 7) is 1.04. The van der Waals surface area contributed by atoms with E-state index in [1.807, 2.05) is 6.07 Å². The highest BCUT2D eigenvalue weighted by Gasteiger charge is 2.24. The lowest BCUT2D eigenvalue weighted by molar-refractivity contribution is 0.262. The zero-order valence-electron chi connectivity index (χ0n) is 11.9. The van der Waals surface area contributed by atoms with E-state index in [-0.39, 0.29) is 18.5 Å². The summed E-state index contributed by atoms with van der Waals surface area (Å²) in [6.07, 6.45) is 5.70. The Hall–Kier alpha value is -1.88. The highest BCUT2D eigenvalue weighted by Crippen LogP contribution is 2.33. The van der Waals surface area contributed by atoms with E-state index < -0.39 is 0 Å². The van der Waals surface area contributed by atoms with Crippen molar-refractivity contribution in [1.29, 1.82) is 0 Å². The summed E-state index contributed by atoms with van der Waals surface area (Å²) in [6, 6.07) is 4.91. The number of nitrogens with two attached hydrogens (primary N) is 1. The molecule has 0 spiro atoms. The Morgan fingerprint density at radius 3 is 3.00 bits per heavy atom. The molecule has 0 radical (unpaired) electrons. The third-order valence-electron chi connectivity index (χ3n) is 4.22. The number of rotatable bonds is 3. The number of hydrogen-bond donors (Lipinski definition) is 2. The van der Waals surface area contributed by atoms with Crippen molar-refractivity contribution < 1.29 is 9.50 Å². The van der Waals surface area contributed by atoms with E-state index >= 15 is 0 Å². The van der Waals surface area contributed by atoms with Crippen molar-refractivity contribution in [3.05, 3.63) is 30.2 Å². The van der Waals surface area contributed by atoms with Gasteiger partial charge in [0.1, 0.15) is 11.6 Å². The van der Waals surface area contributed by atoms with Crippen molar-refractivity contribution in [3.8, 4) is 0 Å². The highest BCUT2D eigenvalue weighted by molar-refractivity contribution is 5.99. The van der Waals surface area contributed by atoms with Crippen molar-refractivity contribution in [1.82, 2.24) is 4.98 Å². The van der Waals surface area contributed by atoms with Crippen LogP contribution in [0.2, 0.25) is 0 Å². The Labute approximate surface area is 123 Å². The number of nitrogen functional groups attached to an aromatic ring is 1. The molecule has 1 aromatic heterocycles. The Morgan fingerprint density at radius 1 is 1.33 bits per heavy atom. The van der Waals surface area contributed by atoms with E-state index in [0.29, 0.717) is 12.1 Å². The lowest BCUT2D eigenvalue weighted by atomic mass is 9.98. The van der Waals surface area contributed by atoms with Crippen LogP contribution in [0.15, 0.2) is 24.4 Å². The van der Waals surface area contributed by atoms with Gasteiger partial charge in [0.2, 0.25) is 0 Å². The van der Waals surface area contributed by atoms with Crippen molar-refractivity contribution in [2.75, 3.05) is 23.8 Å². The minimum absolute atomic E-state index is 0.155. The summed E-state index contributed by atoms with van der Waals surface area (Å²) < 4.78 is 13.7. The summed E-state index contributed by atoms with van der Waals surface area (Å²) >= 11 is 0. The maximum absolute atomic E-state index is 13.7. The molecule has 5 heteroatoms. The SMILES string of the molecule is Nc1cc(F)cc2c(N3CCCCC3CCO)nccc12. The number of aromatic nitrogens is 1. The van der Waals surface area contributed by atoms with Crippen LogP contribution < -0.4 is 10.6 Å². The van der Waals surface area contributed by atoms with Crippen molar-refractivity contribution in [2.24, 2.45) is 0 Å². The number of fused-ring (bicyclic) bond motifs is 1. The van der Waals surface area contributed by atoms with Gasteiger partial charge in [0.15, 0.2) is 0 Å². The van der Waals surface area contributed by atoms with E-state index in [1.54, 1.807) is 6.20 Å². The van der Waals surface area contributed by atoms with Crippen LogP contribution in [-0.4, -0.2) is 29.3 Å². The number of aliphatic hydroxyl groups is 1. The Morgan fingerprint density at radius 2 is 2.19 bits per heavy atom. The van der Waals surface area contributed by atoms with Crippen molar-refractivity contribution >= 4 is 22.3 Å². The van der Waals surface area contributed by atoms with E-state index in [0.717, 1.165) is 42.4 Å². The number of benzene rings is 1. The molecule has 2 heterocycles. The fourth-order valence-electron chi connectivity index (χ4n) is 3.22. The topological polar surface area (TPSA) is 62.4 Å². The van der Waals surface area contributed by atoms with Crippen LogP contribution in [0.5, 0.6) is 0 Å². The molecule has 112 valence electrons. The third kappa shape index (κ3) is 2.65. The first-order valence-corrected chi connectivity index (χ1v) is 7.42. The molecular weight excluding hydrogens is 269 g/mol. The first-order valence-electron chi connectivity index (χ1n) is 7.42. The number of pyridine rings is 1. The molecule has 1 aliphatic rings. The second kappa shape index (κ2) is 5.85. The van der Waals surface area contributed by atoms with E-state index in [9.17, 15) is 9.50 Å². The standard InChI is InChI=1S/C16H20FN3O/c17-11-9-14-13(15(18)10-11)4-6-19-16(14)20-7-2-1-3-12(20)5-8-21/h4,6,9-10,12,21H,1-3,5,7-8,18H2. The number of hydrogen-bond acceptors (Lipinski definition) is 4. The summed E-state index contributed by atoms with van der Waals surface area (Å²) in [5.41, 5.74) is 6.36. The zero-order chi connectivity index (χ0) is 14.8. The second-order valence-electron chi connectivity index (χ2n) is 5.58. The van der Waals surface area contributed by atoms with Crippen LogP contribution in [0, 0.1) is 5.82 Å². The lowest BCUT2D eigenvalue weighted by Gasteiger charge is -2.37. The quantitative estimate of drug-likeness (QED) is 0.853. The predicted molar refractivity (Wildman–Crippen MR) is 82.8 cm³/mol. The minimum atomic E-state index is -0.343. The molecule has 1 saturated heterocycles. The Bertz CT molecular complexity index is 645. The molecule has 2 aromatic rings. The van der Waals surface area contributed by atoms with Crippen LogP contribution in [0.4, 0.5) is 15.9 Å². The molecule has 1 aromatic carbocycles. The van der Waals surface area contributed by atoms with Gasteiger partial charge >= 0.3 is 0 Å². The summed E-state index contributed by atoms with van der Waals surface area (Å²) in [5.74, 6) is 0.432. The first kappa shape index (κ1) is 14.1. The molecule has 3 rings (SSSR count). The fraction of sp³-hybridized carbons (Fsp3) is 0.438. The molecule has 4 nitrogen and oxygen atoms in total. The van der Waals surface area contributed by atoms with Gasteiger partial charge in [0.25, 0.3) is 0 Å². The van der Waals surface area contributed by atoms with Crippen molar-refractivity contribution in [3.63, 3.8) is 0 Å². The molecule has 21 heavy (non-hydrogen) atoms. The molecule has 1 unspecified atom stereocenters. The number of nitrogens with zero attached hydrogens (tertiary/aromatic N) is 2.